The van der Waals surface area contributed by atoms with Gasteiger partial charge >= 0.3 is 6.09 Å². The van der Waals surface area contributed by atoms with Crippen molar-refractivity contribution in [2.24, 2.45) is 5.73 Å². The van der Waals surface area contributed by atoms with E-state index >= 15 is 0 Å². The van der Waals surface area contributed by atoms with Crippen LogP contribution in [-0.4, -0.2) is 29.4 Å². The molecule has 0 aliphatic heterocycles. The molecular weight excluding hydrogens is 304 g/mol. The molecule has 1 aromatic carbocycles. The monoisotopic (exact) mass is 326 g/mol. The van der Waals surface area contributed by atoms with Gasteiger partial charge in [0.1, 0.15) is 5.60 Å². The minimum Gasteiger partial charge on any atom is -0.444 e. The Bertz CT molecular complexity index is 563. The number of benzene rings is 1. The molecule has 22 heavy (non-hydrogen) atoms. The molecule has 0 aromatic heterocycles. The Labute approximate surface area is 135 Å². The predicted molar refractivity (Wildman–Crippen MR) is 87.3 cm³/mol. The molecule has 0 radical (unpaired) electrons. The molecule has 5 nitrogen and oxygen atoms in total. The van der Waals surface area contributed by atoms with Crippen molar-refractivity contribution < 1.29 is 14.6 Å². The minimum atomic E-state index is -0.579. The number of carbonyl (C=O) groups is 1. The smallest absolute Gasteiger partial charge is 0.412 e. The number of halogens is 1. The number of aliphatic hydroxyl groups is 1. The highest BCUT2D eigenvalue weighted by atomic mass is 35.5. The maximum Gasteiger partial charge on any atom is 0.412 e. The van der Waals surface area contributed by atoms with Crippen LogP contribution in [-0.2, 0) is 10.2 Å². The average Bonchev–Trinajstić information content (AvgIpc) is 2.35. The molecule has 4 N–H and O–H groups in total. The van der Waals surface area contributed by atoms with E-state index in [0.29, 0.717) is 30.1 Å². The molecule has 1 aliphatic rings. The van der Waals surface area contributed by atoms with Crippen LogP contribution in [0.4, 0.5) is 10.5 Å². The van der Waals surface area contributed by atoms with Gasteiger partial charge in [0.15, 0.2) is 0 Å². The summed E-state index contributed by atoms with van der Waals surface area (Å²) in [5, 5.41) is 12.7. The van der Waals surface area contributed by atoms with Gasteiger partial charge in [0.2, 0.25) is 0 Å². The van der Waals surface area contributed by atoms with E-state index in [1.807, 2.05) is 12.1 Å². The Morgan fingerprint density at radius 1 is 1.50 bits per heavy atom. The molecule has 1 aromatic rings. The van der Waals surface area contributed by atoms with E-state index in [4.69, 9.17) is 22.1 Å². The highest BCUT2D eigenvalue weighted by Crippen LogP contribution is 2.44. The fourth-order valence-electron chi connectivity index (χ4n) is 2.73. The van der Waals surface area contributed by atoms with Gasteiger partial charge in [-0.1, -0.05) is 17.7 Å². The zero-order chi connectivity index (χ0) is 16.5. The van der Waals surface area contributed by atoms with Crippen molar-refractivity contribution in [1.29, 1.82) is 0 Å². The van der Waals surface area contributed by atoms with Gasteiger partial charge in [-0.2, -0.15) is 0 Å². The fourth-order valence-corrected chi connectivity index (χ4v) is 2.89. The van der Waals surface area contributed by atoms with Crippen molar-refractivity contribution >= 4 is 23.4 Å². The van der Waals surface area contributed by atoms with Crippen LogP contribution in [0.2, 0.25) is 5.02 Å². The molecule has 0 atom stereocenters. The van der Waals surface area contributed by atoms with Crippen LogP contribution in [0.3, 0.4) is 0 Å². The molecule has 1 aliphatic carbocycles. The molecule has 1 saturated carbocycles. The van der Waals surface area contributed by atoms with Crippen LogP contribution in [0.15, 0.2) is 18.2 Å². The maximum atomic E-state index is 11.9. The average molecular weight is 327 g/mol. The molecular formula is C16H23ClN2O3. The quantitative estimate of drug-likeness (QED) is 0.797. The molecule has 0 spiro atoms. The van der Waals surface area contributed by atoms with E-state index in [1.165, 1.54) is 0 Å². The fraction of sp³-hybridized carbons (Fsp3) is 0.562. The molecule has 0 heterocycles. The van der Waals surface area contributed by atoms with Crippen LogP contribution in [0, 0.1) is 0 Å². The summed E-state index contributed by atoms with van der Waals surface area (Å²) in [6.45, 7) is 5.83. The highest BCUT2D eigenvalue weighted by Gasteiger charge is 2.43. The van der Waals surface area contributed by atoms with Crippen molar-refractivity contribution in [3.05, 3.63) is 28.8 Å². The van der Waals surface area contributed by atoms with Crippen LogP contribution < -0.4 is 11.1 Å². The number of aliphatic hydroxyl groups excluding tert-OH is 1. The summed E-state index contributed by atoms with van der Waals surface area (Å²) in [4.78, 5) is 11.9. The van der Waals surface area contributed by atoms with Crippen molar-refractivity contribution in [1.82, 2.24) is 0 Å². The SMILES string of the molecule is CC(C)(C)OC(=O)Nc1cc(C2(CN)CC(O)C2)ccc1Cl. The number of amides is 1. The first-order valence-corrected chi connectivity index (χ1v) is 7.71. The Morgan fingerprint density at radius 3 is 2.64 bits per heavy atom. The Kier molecular flexibility index (Phi) is 4.70. The first-order chi connectivity index (χ1) is 10.1. The lowest BCUT2D eigenvalue weighted by Gasteiger charge is -2.45. The van der Waals surface area contributed by atoms with Gasteiger partial charge in [-0.25, -0.2) is 4.79 Å². The van der Waals surface area contributed by atoms with Crippen molar-refractivity contribution in [2.45, 2.75) is 50.7 Å². The van der Waals surface area contributed by atoms with E-state index in [0.717, 1.165) is 5.56 Å². The highest BCUT2D eigenvalue weighted by molar-refractivity contribution is 6.33. The summed E-state index contributed by atoms with van der Waals surface area (Å²) in [5.74, 6) is 0. The summed E-state index contributed by atoms with van der Waals surface area (Å²) in [6.07, 6.45) is 0.372. The summed E-state index contributed by atoms with van der Waals surface area (Å²) in [7, 11) is 0. The first-order valence-electron chi connectivity index (χ1n) is 7.33. The lowest BCUT2D eigenvalue weighted by atomic mass is 9.63. The third-order valence-corrected chi connectivity index (χ3v) is 4.19. The molecule has 122 valence electrons. The number of nitrogens with one attached hydrogen (secondary N) is 1. The van der Waals surface area contributed by atoms with Crippen LogP contribution >= 0.6 is 11.6 Å². The van der Waals surface area contributed by atoms with Gasteiger partial charge in [-0.15, -0.1) is 0 Å². The van der Waals surface area contributed by atoms with Crippen LogP contribution in [0.5, 0.6) is 0 Å². The Balaban J connectivity index is 2.19. The molecule has 6 heteroatoms. The number of carbonyl (C=O) groups excluding carboxylic acids is 1. The molecule has 0 unspecified atom stereocenters. The van der Waals surface area contributed by atoms with Gasteiger partial charge in [0.25, 0.3) is 0 Å². The Hall–Kier alpha value is -1.30. The third-order valence-electron chi connectivity index (χ3n) is 3.86. The largest absolute Gasteiger partial charge is 0.444 e. The molecule has 0 saturated heterocycles. The van der Waals surface area contributed by atoms with Gasteiger partial charge in [-0.3, -0.25) is 5.32 Å². The second kappa shape index (κ2) is 6.07. The van der Waals surface area contributed by atoms with E-state index < -0.39 is 11.7 Å². The van der Waals surface area contributed by atoms with Gasteiger partial charge in [0, 0.05) is 12.0 Å². The zero-order valence-corrected chi connectivity index (χ0v) is 13.9. The Morgan fingerprint density at radius 2 is 2.14 bits per heavy atom. The summed E-state index contributed by atoms with van der Waals surface area (Å²) in [5.41, 5.74) is 6.52. The number of hydrogen-bond donors (Lipinski definition) is 3. The minimum absolute atomic E-state index is 0.242. The van der Waals surface area contributed by atoms with E-state index in [-0.39, 0.29) is 11.5 Å². The molecule has 0 bridgehead atoms. The molecule has 1 fully saturated rings. The second-order valence-electron chi connectivity index (χ2n) is 6.87. The molecule has 2 rings (SSSR count). The van der Waals surface area contributed by atoms with Gasteiger partial charge in [-0.05, 0) is 51.3 Å². The normalized spacial score (nSPS) is 24.5. The number of hydrogen-bond acceptors (Lipinski definition) is 4. The van der Waals surface area contributed by atoms with Gasteiger partial charge < -0.3 is 15.6 Å². The third kappa shape index (κ3) is 3.72. The molecule has 1 amide bonds. The van der Waals surface area contributed by atoms with E-state index in [9.17, 15) is 9.90 Å². The number of anilines is 1. The van der Waals surface area contributed by atoms with Crippen molar-refractivity contribution in [2.75, 3.05) is 11.9 Å². The lowest BCUT2D eigenvalue weighted by Crippen LogP contribution is -2.49. The lowest BCUT2D eigenvalue weighted by molar-refractivity contribution is 0.0221. The summed E-state index contributed by atoms with van der Waals surface area (Å²) >= 11 is 6.14. The number of rotatable bonds is 3. The van der Waals surface area contributed by atoms with Crippen LogP contribution in [0.25, 0.3) is 0 Å². The predicted octanol–water partition coefficient (Wildman–Crippen LogP) is 3.04. The maximum absolute atomic E-state index is 11.9. The van der Waals surface area contributed by atoms with E-state index in [2.05, 4.69) is 5.32 Å². The van der Waals surface area contributed by atoms with Gasteiger partial charge in [0.05, 0.1) is 16.8 Å². The van der Waals surface area contributed by atoms with Crippen LogP contribution in [0.1, 0.15) is 39.2 Å². The van der Waals surface area contributed by atoms with Crippen molar-refractivity contribution in [3.8, 4) is 0 Å². The summed E-state index contributed by atoms with van der Waals surface area (Å²) in [6, 6.07) is 5.43. The summed E-state index contributed by atoms with van der Waals surface area (Å²) < 4.78 is 5.23. The number of ether oxygens (including phenoxy) is 1. The van der Waals surface area contributed by atoms with E-state index in [1.54, 1.807) is 26.8 Å². The topological polar surface area (TPSA) is 84.6 Å². The number of nitrogens with two attached hydrogens (primary N) is 1. The van der Waals surface area contributed by atoms with Crippen molar-refractivity contribution in [3.63, 3.8) is 0 Å². The first kappa shape index (κ1) is 17.1. The zero-order valence-electron chi connectivity index (χ0n) is 13.1. The standard InChI is InChI=1S/C16H23ClN2O3/c1-15(2,3)22-14(21)19-13-6-10(4-5-12(13)17)16(9-18)7-11(20)8-16/h4-6,11,20H,7-9,18H2,1-3H3,(H,19,21). The second-order valence-corrected chi connectivity index (χ2v) is 7.28.